The van der Waals surface area contributed by atoms with E-state index in [1.807, 2.05) is 30.6 Å². The fourth-order valence-electron chi connectivity index (χ4n) is 4.86. The van der Waals surface area contributed by atoms with Crippen molar-refractivity contribution in [1.82, 2.24) is 29.4 Å². The molecule has 2 saturated heterocycles. The zero-order chi connectivity index (χ0) is 32.7. The van der Waals surface area contributed by atoms with Crippen LogP contribution in [-0.2, 0) is 9.47 Å². The summed E-state index contributed by atoms with van der Waals surface area (Å²) in [6.07, 6.45) is -3.28. The average Bonchev–Trinajstić information content (AvgIpc) is 3.37. The second kappa shape index (κ2) is 12.3. The molecule has 45 heavy (non-hydrogen) atoms. The fourth-order valence-corrected chi connectivity index (χ4v) is 5.88. The number of nitrogens with zero attached hydrogens (tertiary/aromatic N) is 8. The fraction of sp³-hybridized carbons (Fsp3) is 0.633. The summed E-state index contributed by atoms with van der Waals surface area (Å²) in [4.78, 5) is 36.8. The van der Waals surface area contributed by atoms with Crippen molar-refractivity contribution < 1.29 is 27.5 Å². The number of benzene rings is 1. The summed E-state index contributed by atoms with van der Waals surface area (Å²) < 4.78 is 48.3. The summed E-state index contributed by atoms with van der Waals surface area (Å²) in [6, 6.07) is 5.28. The number of hydrogen-bond acceptors (Lipinski definition) is 10. The molecule has 2 fully saturated rings. The molecule has 1 amide bonds. The molecule has 15 heteroatoms. The Kier molecular flexibility index (Phi) is 8.97. The van der Waals surface area contributed by atoms with Crippen molar-refractivity contribution in [2.24, 2.45) is 0 Å². The van der Waals surface area contributed by atoms with Gasteiger partial charge in [-0.1, -0.05) is 26.8 Å². The first-order chi connectivity index (χ1) is 21.0. The van der Waals surface area contributed by atoms with Gasteiger partial charge in [-0.3, -0.25) is 4.57 Å². The number of aromatic nitrogens is 5. The number of alkyl halides is 2. The van der Waals surface area contributed by atoms with E-state index in [0.29, 0.717) is 81.2 Å². The van der Waals surface area contributed by atoms with Crippen LogP contribution in [0.5, 0.6) is 5.75 Å². The van der Waals surface area contributed by atoms with E-state index in [0.717, 1.165) is 0 Å². The number of imidazole rings is 1. The number of piperazine rings is 1. The van der Waals surface area contributed by atoms with Crippen LogP contribution in [0, 0.1) is 0 Å². The Morgan fingerprint density at radius 1 is 0.867 bits per heavy atom. The van der Waals surface area contributed by atoms with Gasteiger partial charge in [0.25, 0.3) is 14.7 Å². The molecule has 0 atom stereocenters. The second-order valence-electron chi connectivity index (χ2n) is 13.9. The Hall–Kier alpha value is -3.59. The van der Waals surface area contributed by atoms with Crippen molar-refractivity contribution in [3.05, 3.63) is 24.0 Å². The van der Waals surface area contributed by atoms with E-state index in [1.54, 1.807) is 23.1 Å². The SMILES string of the molecule is CC(C)(C)OC(=O)N1CCN(c2nc(N3CCOCC3)nc(-n3c(C(F)F)nc4c(O[Si](C)(C)C(C)(C)C)cccc43)n2)CC1. The first-order valence-electron chi connectivity index (χ1n) is 15.3. The minimum absolute atomic E-state index is 0.0401. The summed E-state index contributed by atoms with van der Waals surface area (Å²) in [6.45, 7) is 19.8. The largest absolute Gasteiger partial charge is 0.542 e. The molecular weight excluding hydrogens is 602 g/mol. The number of amides is 1. The molecule has 0 saturated carbocycles. The van der Waals surface area contributed by atoms with Gasteiger partial charge in [-0.25, -0.2) is 18.6 Å². The molecule has 246 valence electrons. The zero-order valence-corrected chi connectivity index (χ0v) is 28.4. The van der Waals surface area contributed by atoms with Crippen LogP contribution in [0.2, 0.25) is 18.1 Å². The smallest absolute Gasteiger partial charge is 0.410 e. The van der Waals surface area contributed by atoms with Crippen LogP contribution in [-0.4, -0.2) is 102 Å². The van der Waals surface area contributed by atoms with Crippen LogP contribution >= 0.6 is 0 Å². The number of morpholine rings is 1. The van der Waals surface area contributed by atoms with Gasteiger partial charge in [0.15, 0.2) is 5.82 Å². The third-order valence-electron chi connectivity index (χ3n) is 8.35. The number of anilines is 2. The monoisotopic (exact) mass is 646 g/mol. The molecule has 0 N–H and O–H groups in total. The number of carbonyl (C=O) groups is 1. The number of fused-ring (bicyclic) bond motifs is 1. The van der Waals surface area contributed by atoms with Crippen molar-refractivity contribution >= 4 is 37.3 Å². The van der Waals surface area contributed by atoms with Crippen LogP contribution in [0.1, 0.15) is 53.8 Å². The quantitative estimate of drug-likeness (QED) is 0.322. The molecule has 0 bridgehead atoms. The maximum Gasteiger partial charge on any atom is 0.410 e. The van der Waals surface area contributed by atoms with E-state index in [-0.39, 0.29) is 17.1 Å². The van der Waals surface area contributed by atoms with Crippen molar-refractivity contribution in [2.75, 3.05) is 62.3 Å². The van der Waals surface area contributed by atoms with Crippen LogP contribution in [0.3, 0.4) is 0 Å². The van der Waals surface area contributed by atoms with E-state index < -0.39 is 26.2 Å². The molecule has 1 aromatic carbocycles. The maximum absolute atomic E-state index is 14.7. The van der Waals surface area contributed by atoms with Gasteiger partial charge >= 0.3 is 6.09 Å². The van der Waals surface area contributed by atoms with Gasteiger partial charge in [0.2, 0.25) is 17.8 Å². The van der Waals surface area contributed by atoms with E-state index in [2.05, 4.69) is 38.8 Å². The highest BCUT2D eigenvalue weighted by Crippen LogP contribution is 2.40. The first-order valence-corrected chi connectivity index (χ1v) is 18.3. The van der Waals surface area contributed by atoms with Crippen molar-refractivity contribution in [3.8, 4) is 11.7 Å². The number of carbonyl (C=O) groups excluding carboxylic acids is 1. The van der Waals surface area contributed by atoms with Gasteiger partial charge in [-0.2, -0.15) is 15.0 Å². The first kappa shape index (κ1) is 32.8. The number of para-hydroxylation sites is 1. The Labute approximate surface area is 263 Å². The summed E-state index contributed by atoms with van der Waals surface area (Å²) in [5.74, 6) is 0.722. The Balaban J connectivity index is 1.56. The minimum Gasteiger partial charge on any atom is -0.542 e. The average molecular weight is 647 g/mol. The van der Waals surface area contributed by atoms with Gasteiger partial charge in [0.1, 0.15) is 16.9 Å². The molecular formula is C30H44F2N8O4Si. The minimum atomic E-state index is -2.90. The van der Waals surface area contributed by atoms with E-state index >= 15 is 0 Å². The van der Waals surface area contributed by atoms with Crippen molar-refractivity contribution in [2.45, 2.75) is 71.7 Å². The third-order valence-corrected chi connectivity index (χ3v) is 12.7. The zero-order valence-electron chi connectivity index (χ0n) is 27.4. The van der Waals surface area contributed by atoms with Gasteiger partial charge in [-0.15, -0.1) is 0 Å². The van der Waals surface area contributed by atoms with E-state index in [9.17, 15) is 13.6 Å². The summed E-state index contributed by atoms with van der Waals surface area (Å²) in [5, 5.41) is -0.104. The molecule has 0 radical (unpaired) electrons. The second-order valence-corrected chi connectivity index (χ2v) is 18.6. The number of rotatable bonds is 6. The van der Waals surface area contributed by atoms with Crippen LogP contribution in [0.15, 0.2) is 18.2 Å². The highest BCUT2D eigenvalue weighted by Gasteiger charge is 2.40. The van der Waals surface area contributed by atoms with Gasteiger partial charge in [-0.05, 0) is 51.0 Å². The Morgan fingerprint density at radius 3 is 2.00 bits per heavy atom. The standard InChI is InChI=1S/C30H44F2N8O4Si/c1-29(2,3)43-28(41)39-14-12-37(13-15-39)25-34-26(38-16-18-42-19-17-38)36-27(35-25)40-20-10-9-11-21(22(20)33-24(40)23(31)32)44-45(7,8)30(4,5)6/h9-11,23H,12-19H2,1-8H3. The lowest BCUT2D eigenvalue weighted by atomic mass is 10.2. The van der Waals surface area contributed by atoms with Crippen LogP contribution in [0.25, 0.3) is 17.0 Å². The van der Waals surface area contributed by atoms with Crippen molar-refractivity contribution in [3.63, 3.8) is 0 Å². The number of ether oxygens (including phenoxy) is 2. The molecule has 0 spiro atoms. The topological polar surface area (TPSA) is 111 Å². The van der Waals surface area contributed by atoms with Gasteiger partial charge < -0.3 is 28.6 Å². The number of hydrogen-bond donors (Lipinski definition) is 0. The van der Waals surface area contributed by atoms with E-state index in [4.69, 9.17) is 28.9 Å². The van der Waals surface area contributed by atoms with Crippen LogP contribution in [0.4, 0.5) is 25.5 Å². The lowest BCUT2D eigenvalue weighted by Gasteiger charge is -2.36. The van der Waals surface area contributed by atoms with Crippen LogP contribution < -0.4 is 14.2 Å². The molecule has 12 nitrogen and oxygen atoms in total. The normalized spacial score (nSPS) is 16.9. The lowest BCUT2D eigenvalue weighted by molar-refractivity contribution is 0.0240. The molecule has 0 aliphatic carbocycles. The maximum atomic E-state index is 14.7. The summed E-state index contributed by atoms with van der Waals surface area (Å²) in [5.41, 5.74) is 0.149. The molecule has 4 heterocycles. The molecule has 3 aromatic rings. The molecule has 0 unspecified atom stereocenters. The Morgan fingerprint density at radius 2 is 1.44 bits per heavy atom. The molecule has 2 aromatic heterocycles. The predicted octanol–water partition coefficient (Wildman–Crippen LogP) is 5.43. The third kappa shape index (κ3) is 7.13. The molecule has 2 aliphatic rings. The predicted molar refractivity (Wildman–Crippen MR) is 170 cm³/mol. The molecule has 2 aliphatic heterocycles. The number of halogens is 2. The van der Waals surface area contributed by atoms with E-state index in [1.165, 1.54) is 4.57 Å². The Bertz CT molecular complexity index is 1520. The highest BCUT2D eigenvalue weighted by molar-refractivity contribution is 6.74. The lowest BCUT2D eigenvalue weighted by Crippen LogP contribution is -2.50. The molecule has 5 rings (SSSR count). The van der Waals surface area contributed by atoms with Crippen molar-refractivity contribution in [1.29, 1.82) is 0 Å². The van der Waals surface area contributed by atoms with Gasteiger partial charge in [0.05, 0.1) is 18.7 Å². The summed E-state index contributed by atoms with van der Waals surface area (Å²) >= 11 is 0. The van der Waals surface area contributed by atoms with Gasteiger partial charge in [0, 0.05) is 39.3 Å². The summed E-state index contributed by atoms with van der Waals surface area (Å²) in [7, 11) is -2.31. The highest BCUT2D eigenvalue weighted by atomic mass is 28.4.